The van der Waals surface area contributed by atoms with Crippen LogP contribution in [-0.2, 0) is 10.9 Å². The van der Waals surface area contributed by atoms with E-state index in [2.05, 4.69) is 20.6 Å². The highest BCUT2D eigenvalue weighted by molar-refractivity contribution is 6.31. The van der Waals surface area contributed by atoms with Gasteiger partial charge in [0.15, 0.2) is 0 Å². The van der Waals surface area contributed by atoms with Crippen molar-refractivity contribution in [3.05, 3.63) is 40.5 Å². The number of halogens is 4. The molecule has 1 unspecified atom stereocenters. The zero-order chi connectivity index (χ0) is 18.7. The molecule has 3 rings (SSSR count). The lowest BCUT2D eigenvalue weighted by Crippen LogP contribution is -2.20. The van der Waals surface area contributed by atoms with Crippen molar-refractivity contribution in [3.8, 4) is 0 Å². The molecule has 0 saturated carbocycles. The maximum atomic E-state index is 13.0. The molecule has 1 aliphatic rings. The number of rotatable bonds is 5. The molecule has 140 valence electrons. The van der Waals surface area contributed by atoms with E-state index in [1.165, 1.54) is 12.1 Å². The number of hydrogen-bond acceptors (Lipinski definition) is 5. The van der Waals surface area contributed by atoms with Gasteiger partial charge in [0.2, 0.25) is 5.95 Å². The van der Waals surface area contributed by atoms with E-state index in [9.17, 15) is 13.2 Å². The van der Waals surface area contributed by atoms with Crippen molar-refractivity contribution in [2.75, 3.05) is 23.8 Å². The molecule has 1 aromatic heterocycles. The first kappa shape index (κ1) is 18.7. The number of ether oxygens (including phenoxy) is 1. The van der Waals surface area contributed by atoms with Crippen LogP contribution in [0.2, 0.25) is 5.02 Å². The molecule has 2 N–H and O–H groups in total. The summed E-state index contributed by atoms with van der Waals surface area (Å²) in [6, 6.07) is 5.28. The third-order valence-electron chi connectivity index (χ3n) is 3.91. The molecule has 1 fully saturated rings. The van der Waals surface area contributed by atoms with Crippen molar-refractivity contribution in [1.29, 1.82) is 0 Å². The summed E-state index contributed by atoms with van der Waals surface area (Å²) in [5, 5.41) is 5.64. The molecule has 0 aliphatic carbocycles. The summed E-state index contributed by atoms with van der Waals surface area (Å²) in [5.41, 5.74) is 0.0268. The van der Waals surface area contributed by atoms with E-state index in [1.807, 2.05) is 0 Å². The van der Waals surface area contributed by atoms with Gasteiger partial charge in [-0.3, -0.25) is 0 Å². The topological polar surface area (TPSA) is 59.1 Å². The number of alkyl halides is 3. The number of anilines is 3. The Bertz CT molecular complexity index is 779. The predicted molar refractivity (Wildman–Crippen MR) is 94.0 cm³/mol. The van der Waals surface area contributed by atoms with Crippen molar-refractivity contribution in [1.82, 2.24) is 9.97 Å². The molecule has 1 aliphatic heterocycles. The fraction of sp³-hybridized carbons (Fsp3) is 0.412. The summed E-state index contributed by atoms with van der Waals surface area (Å²) < 4.78 is 44.5. The number of aromatic nitrogens is 2. The second-order valence-electron chi connectivity index (χ2n) is 6.05. The number of aryl methyl sites for hydroxylation is 1. The minimum Gasteiger partial charge on any atom is -0.376 e. The first-order chi connectivity index (χ1) is 12.3. The van der Waals surface area contributed by atoms with E-state index in [-0.39, 0.29) is 16.8 Å². The molecule has 1 aromatic carbocycles. The van der Waals surface area contributed by atoms with Gasteiger partial charge in [-0.15, -0.1) is 0 Å². The summed E-state index contributed by atoms with van der Waals surface area (Å²) in [7, 11) is 0. The zero-order valence-corrected chi connectivity index (χ0v) is 14.8. The highest BCUT2D eigenvalue weighted by Crippen LogP contribution is 2.36. The van der Waals surface area contributed by atoms with E-state index < -0.39 is 11.7 Å². The Balaban J connectivity index is 1.75. The van der Waals surface area contributed by atoms with Crippen LogP contribution >= 0.6 is 11.6 Å². The van der Waals surface area contributed by atoms with Gasteiger partial charge in [-0.1, -0.05) is 11.6 Å². The molecule has 1 saturated heterocycles. The Hall–Kier alpha value is -2.06. The fourth-order valence-corrected chi connectivity index (χ4v) is 2.91. The smallest absolute Gasteiger partial charge is 0.376 e. The Labute approximate surface area is 153 Å². The van der Waals surface area contributed by atoms with Gasteiger partial charge >= 0.3 is 6.18 Å². The van der Waals surface area contributed by atoms with Gasteiger partial charge in [-0.25, -0.2) is 4.98 Å². The van der Waals surface area contributed by atoms with E-state index in [1.54, 1.807) is 13.0 Å². The number of nitrogens with zero attached hydrogens (tertiary/aromatic N) is 2. The molecule has 0 spiro atoms. The van der Waals surface area contributed by atoms with Crippen LogP contribution in [0, 0.1) is 6.92 Å². The van der Waals surface area contributed by atoms with Crippen LogP contribution in [0.25, 0.3) is 0 Å². The highest BCUT2D eigenvalue weighted by atomic mass is 35.5. The van der Waals surface area contributed by atoms with Crippen LogP contribution in [0.15, 0.2) is 24.3 Å². The van der Waals surface area contributed by atoms with Crippen molar-refractivity contribution in [3.63, 3.8) is 0 Å². The molecule has 1 atom stereocenters. The van der Waals surface area contributed by atoms with E-state index in [0.29, 0.717) is 24.0 Å². The van der Waals surface area contributed by atoms with Crippen LogP contribution in [0.1, 0.15) is 24.1 Å². The van der Waals surface area contributed by atoms with Crippen LogP contribution < -0.4 is 10.6 Å². The maximum absolute atomic E-state index is 13.0. The van der Waals surface area contributed by atoms with E-state index >= 15 is 0 Å². The van der Waals surface area contributed by atoms with E-state index in [4.69, 9.17) is 16.3 Å². The third kappa shape index (κ3) is 4.76. The summed E-state index contributed by atoms with van der Waals surface area (Å²) in [6.07, 6.45) is -2.38. The van der Waals surface area contributed by atoms with Crippen molar-refractivity contribution >= 4 is 29.1 Å². The second-order valence-corrected chi connectivity index (χ2v) is 6.46. The molecule has 2 aromatic rings. The lowest BCUT2D eigenvalue weighted by atomic mass is 10.2. The monoisotopic (exact) mass is 386 g/mol. The predicted octanol–water partition coefficient (Wildman–Crippen LogP) is 4.79. The molecule has 5 nitrogen and oxygen atoms in total. The third-order valence-corrected chi connectivity index (χ3v) is 4.24. The SMILES string of the molecule is Cc1cc(Nc2ccc(Cl)c(C(F)(F)F)c2)nc(NCC2CCCO2)n1. The molecule has 2 heterocycles. The Morgan fingerprint density at radius 3 is 2.77 bits per heavy atom. The molecule has 9 heteroatoms. The van der Waals surface area contributed by atoms with Crippen LogP contribution in [0.3, 0.4) is 0 Å². The van der Waals surface area contributed by atoms with Gasteiger partial charge in [0, 0.05) is 30.6 Å². The standard InChI is InChI=1S/C17H18ClF3N4O/c1-10-7-15(25-16(23-10)22-9-12-3-2-6-26-12)24-11-4-5-14(18)13(8-11)17(19,20)21/h4-5,7-8,12H,2-3,6,9H2,1H3,(H2,22,23,24,25). The molecular weight excluding hydrogens is 369 g/mol. The first-order valence-corrected chi connectivity index (χ1v) is 8.54. The van der Waals surface area contributed by atoms with Gasteiger partial charge in [0.25, 0.3) is 0 Å². The number of benzene rings is 1. The summed E-state index contributed by atoms with van der Waals surface area (Å²) in [6.45, 7) is 3.13. The highest BCUT2D eigenvalue weighted by Gasteiger charge is 2.33. The summed E-state index contributed by atoms with van der Waals surface area (Å²) in [5.74, 6) is 0.788. The van der Waals surface area contributed by atoms with Crippen molar-refractivity contribution < 1.29 is 17.9 Å². The lowest BCUT2D eigenvalue weighted by Gasteiger charge is -2.14. The summed E-state index contributed by atoms with van der Waals surface area (Å²) in [4.78, 5) is 8.59. The van der Waals surface area contributed by atoms with Gasteiger partial charge < -0.3 is 15.4 Å². The lowest BCUT2D eigenvalue weighted by molar-refractivity contribution is -0.137. The molecule has 0 radical (unpaired) electrons. The fourth-order valence-electron chi connectivity index (χ4n) is 2.69. The van der Waals surface area contributed by atoms with Gasteiger partial charge in [0.1, 0.15) is 5.82 Å². The number of hydrogen-bond donors (Lipinski definition) is 2. The minimum absolute atomic E-state index is 0.126. The Morgan fingerprint density at radius 1 is 1.27 bits per heavy atom. The molecule has 0 bridgehead atoms. The number of nitrogens with one attached hydrogen (secondary N) is 2. The second kappa shape index (κ2) is 7.67. The largest absolute Gasteiger partial charge is 0.417 e. The average molecular weight is 387 g/mol. The van der Waals surface area contributed by atoms with Crippen LogP contribution in [-0.4, -0.2) is 29.2 Å². The van der Waals surface area contributed by atoms with Crippen LogP contribution in [0.5, 0.6) is 0 Å². The molecule has 26 heavy (non-hydrogen) atoms. The van der Waals surface area contributed by atoms with Crippen molar-refractivity contribution in [2.24, 2.45) is 0 Å². The van der Waals surface area contributed by atoms with E-state index in [0.717, 1.165) is 25.5 Å². The average Bonchev–Trinajstić information content (AvgIpc) is 3.07. The zero-order valence-electron chi connectivity index (χ0n) is 14.0. The normalized spacial score (nSPS) is 17.3. The Morgan fingerprint density at radius 2 is 2.08 bits per heavy atom. The first-order valence-electron chi connectivity index (χ1n) is 8.16. The summed E-state index contributed by atoms with van der Waals surface area (Å²) >= 11 is 5.64. The minimum atomic E-state index is -4.52. The van der Waals surface area contributed by atoms with Crippen molar-refractivity contribution in [2.45, 2.75) is 32.0 Å². The quantitative estimate of drug-likeness (QED) is 0.773. The van der Waals surface area contributed by atoms with Gasteiger partial charge in [-0.05, 0) is 38.0 Å². The van der Waals surface area contributed by atoms with Gasteiger partial charge in [-0.2, -0.15) is 18.2 Å². The van der Waals surface area contributed by atoms with Crippen LogP contribution in [0.4, 0.5) is 30.6 Å². The molecule has 0 amide bonds. The Kier molecular flexibility index (Phi) is 5.52. The van der Waals surface area contributed by atoms with Gasteiger partial charge in [0.05, 0.1) is 16.7 Å². The maximum Gasteiger partial charge on any atom is 0.417 e. The molecular formula is C17H18ClF3N4O.